The molecule has 7 heteroatoms. The van der Waals surface area contributed by atoms with Gasteiger partial charge < -0.3 is 14.8 Å². The second-order valence-electron chi connectivity index (χ2n) is 7.60. The minimum atomic E-state index is -0.877. The normalized spacial score (nSPS) is 17.6. The highest BCUT2D eigenvalue weighted by Crippen LogP contribution is 2.42. The van der Waals surface area contributed by atoms with Crippen molar-refractivity contribution in [2.24, 2.45) is 0 Å². The van der Waals surface area contributed by atoms with Gasteiger partial charge in [-0.3, -0.25) is 19.5 Å². The topological polar surface area (TPSA) is 95.5 Å². The Hall–Kier alpha value is -4.39. The Balaban J connectivity index is 1.69. The number of carbonyl (C=O) groups excluding carboxylic acids is 2. The third-order valence-electron chi connectivity index (χ3n) is 5.68. The van der Waals surface area contributed by atoms with Crippen LogP contribution < -0.4 is 9.64 Å². The second kappa shape index (κ2) is 8.27. The molecule has 1 unspecified atom stereocenters. The molecule has 1 amide bonds. The number of hydrogen-bond donors (Lipinski definition) is 2. The number of nitrogens with one attached hydrogen (secondary N) is 1. The summed E-state index contributed by atoms with van der Waals surface area (Å²) in [6, 6.07) is 18.8. The Labute approximate surface area is 190 Å². The number of ketones is 1. The number of H-pyrrole nitrogens is 1. The van der Waals surface area contributed by atoms with Crippen LogP contribution in [0.4, 0.5) is 5.69 Å². The predicted octanol–water partition coefficient (Wildman–Crippen LogP) is 4.59. The number of aromatic amines is 1. The molecule has 2 aromatic carbocycles. The van der Waals surface area contributed by atoms with Crippen molar-refractivity contribution in [3.8, 4) is 5.75 Å². The van der Waals surface area contributed by atoms with E-state index in [1.165, 1.54) is 4.90 Å². The fourth-order valence-corrected chi connectivity index (χ4v) is 4.20. The van der Waals surface area contributed by atoms with Crippen LogP contribution in [-0.2, 0) is 9.59 Å². The first-order valence-corrected chi connectivity index (χ1v) is 10.6. The Bertz CT molecular complexity index is 1370. The summed E-state index contributed by atoms with van der Waals surface area (Å²) in [6.45, 7) is 2.40. The van der Waals surface area contributed by atoms with E-state index in [0.29, 0.717) is 29.3 Å². The largest absolute Gasteiger partial charge is 0.507 e. The maximum absolute atomic E-state index is 13.2. The van der Waals surface area contributed by atoms with Crippen molar-refractivity contribution >= 4 is 34.0 Å². The van der Waals surface area contributed by atoms with Gasteiger partial charge in [-0.05, 0) is 49.4 Å². The lowest BCUT2D eigenvalue weighted by Gasteiger charge is -2.24. The molecule has 3 heterocycles. The molecule has 0 aliphatic carbocycles. The molecule has 1 saturated heterocycles. The smallest absolute Gasteiger partial charge is 0.300 e. The van der Waals surface area contributed by atoms with Crippen LogP contribution in [-0.4, -0.2) is 33.4 Å². The van der Waals surface area contributed by atoms with E-state index in [0.717, 1.165) is 10.9 Å². The van der Waals surface area contributed by atoms with Crippen LogP contribution in [0.5, 0.6) is 5.75 Å². The number of aliphatic hydroxyl groups is 1. The van der Waals surface area contributed by atoms with Crippen molar-refractivity contribution in [1.82, 2.24) is 9.97 Å². The first-order chi connectivity index (χ1) is 16.1. The molecule has 164 valence electrons. The van der Waals surface area contributed by atoms with Crippen LogP contribution >= 0.6 is 0 Å². The molecule has 0 bridgehead atoms. The summed E-state index contributed by atoms with van der Waals surface area (Å²) in [5.74, 6) is -1.07. The van der Waals surface area contributed by atoms with Crippen LogP contribution in [0.1, 0.15) is 24.2 Å². The molecule has 1 atom stereocenters. The van der Waals surface area contributed by atoms with E-state index in [4.69, 9.17) is 4.74 Å². The predicted molar refractivity (Wildman–Crippen MR) is 125 cm³/mol. The third-order valence-corrected chi connectivity index (χ3v) is 5.68. The fourth-order valence-electron chi connectivity index (χ4n) is 4.20. The molecular weight excluding hydrogens is 418 g/mol. The summed E-state index contributed by atoms with van der Waals surface area (Å²) in [5.41, 5.74) is 2.25. The first-order valence-electron chi connectivity index (χ1n) is 10.6. The molecular formula is C26H21N3O4. The molecule has 5 rings (SSSR count). The number of nitrogens with zero attached hydrogens (tertiary/aromatic N) is 2. The highest BCUT2D eigenvalue weighted by atomic mass is 16.5. The van der Waals surface area contributed by atoms with Gasteiger partial charge in [-0.15, -0.1) is 0 Å². The quantitative estimate of drug-likeness (QED) is 0.269. The van der Waals surface area contributed by atoms with Crippen LogP contribution in [0.15, 0.2) is 84.7 Å². The average molecular weight is 439 g/mol. The van der Waals surface area contributed by atoms with Gasteiger partial charge in [0.2, 0.25) is 0 Å². The van der Waals surface area contributed by atoms with Gasteiger partial charge in [0, 0.05) is 34.5 Å². The molecule has 2 N–H and O–H groups in total. The zero-order valence-electron chi connectivity index (χ0n) is 17.9. The van der Waals surface area contributed by atoms with Gasteiger partial charge in [0.15, 0.2) is 0 Å². The number of fused-ring (bicyclic) bond motifs is 1. The number of ether oxygens (including phenoxy) is 1. The molecule has 0 spiro atoms. The Morgan fingerprint density at radius 2 is 1.82 bits per heavy atom. The summed E-state index contributed by atoms with van der Waals surface area (Å²) < 4.78 is 5.50. The number of para-hydroxylation sites is 1. The van der Waals surface area contributed by atoms with Gasteiger partial charge in [0.05, 0.1) is 17.9 Å². The van der Waals surface area contributed by atoms with Crippen molar-refractivity contribution in [1.29, 1.82) is 0 Å². The Morgan fingerprint density at radius 1 is 1.06 bits per heavy atom. The SMILES string of the molecule is CCOc1ccc(N2C(=O)C(=O)/C(=C(\O)c3c[nH]c4ccccc34)C2c2ccccn2)cc1. The molecule has 0 saturated carbocycles. The van der Waals surface area contributed by atoms with E-state index in [1.54, 1.807) is 54.9 Å². The monoisotopic (exact) mass is 439 g/mol. The van der Waals surface area contributed by atoms with Gasteiger partial charge in [-0.2, -0.15) is 0 Å². The zero-order chi connectivity index (χ0) is 22.9. The van der Waals surface area contributed by atoms with Crippen LogP contribution in [0, 0.1) is 0 Å². The molecule has 7 nitrogen and oxygen atoms in total. The lowest BCUT2D eigenvalue weighted by atomic mass is 9.98. The van der Waals surface area contributed by atoms with Gasteiger partial charge >= 0.3 is 0 Å². The van der Waals surface area contributed by atoms with Gasteiger partial charge in [-0.25, -0.2) is 0 Å². The van der Waals surface area contributed by atoms with Crippen molar-refractivity contribution < 1.29 is 19.4 Å². The highest BCUT2D eigenvalue weighted by Gasteiger charge is 2.47. The third kappa shape index (κ3) is 3.43. The van der Waals surface area contributed by atoms with Crippen LogP contribution in [0.3, 0.4) is 0 Å². The van der Waals surface area contributed by atoms with Crippen molar-refractivity contribution in [3.63, 3.8) is 0 Å². The van der Waals surface area contributed by atoms with E-state index in [-0.39, 0.29) is 11.3 Å². The number of anilines is 1. The summed E-state index contributed by atoms with van der Waals surface area (Å²) >= 11 is 0. The van der Waals surface area contributed by atoms with Gasteiger partial charge in [0.1, 0.15) is 17.6 Å². The summed E-state index contributed by atoms with van der Waals surface area (Å²) in [5, 5.41) is 12.1. The second-order valence-corrected chi connectivity index (χ2v) is 7.60. The molecule has 33 heavy (non-hydrogen) atoms. The number of aromatic nitrogens is 2. The summed E-state index contributed by atoms with van der Waals surface area (Å²) in [7, 11) is 0. The number of rotatable bonds is 5. The summed E-state index contributed by atoms with van der Waals surface area (Å²) in [4.78, 5) is 35.3. The van der Waals surface area contributed by atoms with E-state index < -0.39 is 17.7 Å². The van der Waals surface area contributed by atoms with Crippen molar-refractivity contribution in [3.05, 3.63) is 96.0 Å². The molecule has 2 aromatic heterocycles. The van der Waals surface area contributed by atoms with E-state index >= 15 is 0 Å². The van der Waals surface area contributed by atoms with E-state index in [9.17, 15) is 14.7 Å². The first kappa shape index (κ1) is 20.5. The lowest BCUT2D eigenvalue weighted by molar-refractivity contribution is -0.132. The average Bonchev–Trinajstić information content (AvgIpc) is 3.39. The minimum Gasteiger partial charge on any atom is -0.507 e. The molecule has 4 aromatic rings. The van der Waals surface area contributed by atoms with E-state index in [1.807, 2.05) is 31.2 Å². The molecule has 0 radical (unpaired) electrons. The van der Waals surface area contributed by atoms with Gasteiger partial charge in [-0.1, -0.05) is 24.3 Å². The zero-order valence-corrected chi connectivity index (χ0v) is 17.9. The molecule has 1 aliphatic heterocycles. The maximum atomic E-state index is 13.2. The number of benzene rings is 2. The fraction of sp³-hybridized carbons (Fsp3) is 0.115. The Morgan fingerprint density at radius 3 is 2.55 bits per heavy atom. The van der Waals surface area contributed by atoms with Crippen LogP contribution in [0.25, 0.3) is 16.7 Å². The van der Waals surface area contributed by atoms with Crippen molar-refractivity contribution in [2.75, 3.05) is 11.5 Å². The number of Topliss-reactive ketones (excluding diaryl/α,β-unsaturated/α-hetero) is 1. The van der Waals surface area contributed by atoms with Crippen LogP contribution in [0.2, 0.25) is 0 Å². The number of carbonyl (C=O) groups is 2. The number of amides is 1. The van der Waals surface area contributed by atoms with E-state index in [2.05, 4.69) is 9.97 Å². The lowest BCUT2D eigenvalue weighted by Crippen LogP contribution is -2.29. The highest BCUT2D eigenvalue weighted by molar-refractivity contribution is 6.51. The number of pyridine rings is 1. The molecule has 1 fully saturated rings. The Kier molecular flexibility index (Phi) is 5.14. The van der Waals surface area contributed by atoms with Crippen molar-refractivity contribution in [2.45, 2.75) is 13.0 Å². The maximum Gasteiger partial charge on any atom is 0.300 e. The minimum absolute atomic E-state index is 0.00247. The standard InChI is InChI=1S/C26H21N3O4/c1-2-33-17-12-10-16(11-13-17)29-23(21-9-5-6-14-27-21)22(25(31)26(29)32)24(30)19-15-28-20-8-4-3-7-18(19)20/h3-15,23,28,30H,2H2,1H3/b24-22-. The summed E-state index contributed by atoms with van der Waals surface area (Å²) in [6.07, 6.45) is 3.24. The van der Waals surface area contributed by atoms with Gasteiger partial charge in [0.25, 0.3) is 11.7 Å². The number of aliphatic hydroxyl groups excluding tert-OH is 1. The molecule has 1 aliphatic rings. The number of hydrogen-bond acceptors (Lipinski definition) is 5.